The smallest absolute Gasteiger partial charge is 0.329 e. The molecule has 0 radical (unpaired) electrons. The van der Waals surface area contributed by atoms with Crippen molar-refractivity contribution < 1.29 is 63.0 Å². The molecule has 0 unspecified atom stereocenters. The summed E-state index contributed by atoms with van der Waals surface area (Å²) in [5, 5.41) is 33.1. The van der Waals surface area contributed by atoms with E-state index in [1.54, 1.807) is 47.1 Å². The number of rotatable bonds is 26. The Morgan fingerprint density at radius 1 is 0.861 bits per heavy atom. The Bertz CT molecular complexity index is 2080. The van der Waals surface area contributed by atoms with E-state index in [4.69, 9.17) is 23.7 Å². The molecule has 2 heterocycles. The van der Waals surface area contributed by atoms with Gasteiger partial charge in [-0.2, -0.15) is 0 Å². The summed E-state index contributed by atoms with van der Waals surface area (Å²) < 4.78 is 28.5. The fourth-order valence-electron chi connectivity index (χ4n) is 10.3. The van der Waals surface area contributed by atoms with Crippen molar-refractivity contribution in [3.8, 4) is 0 Å². The minimum Gasteiger partial charge on any atom is -0.459 e. The highest BCUT2D eigenvalue weighted by atomic mass is 16.6. The molecule has 14 atom stereocenters. The van der Waals surface area contributed by atoms with Crippen LogP contribution in [0.15, 0.2) is 90.1 Å². The fourth-order valence-corrected chi connectivity index (χ4v) is 10.3. The van der Waals surface area contributed by atoms with Crippen LogP contribution in [0.4, 0.5) is 0 Å². The Kier molecular flexibility index (Phi) is 24.6. The van der Waals surface area contributed by atoms with Crippen molar-refractivity contribution in [2.45, 2.75) is 174 Å². The van der Waals surface area contributed by atoms with Gasteiger partial charge in [0.05, 0.1) is 24.4 Å². The van der Waals surface area contributed by atoms with Gasteiger partial charge >= 0.3 is 5.97 Å². The van der Waals surface area contributed by atoms with Crippen LogP contribution >= 0.6 is 0 Å². The third-order valence-corrected chi connectivity index (χ3v) is 14.9. The maximum atomic E-state index is 13.9. The average Bonchev–Trinajstić information content (AvgIpc) is 3.37. The molecular weight excluding hydrogens is 919 g/mol. The first kappa shape index (κ1) is 60.1. The highest BCUT2D eigenvalue weighted by molar-refractivity contribution is 6.39. The number of amides is 1. The number of likely N-dealkylation sites (tertiary alicyclic amines) is 1. The molecule has 0 aromatic heterocycles. The number of Topliss-reactive ketones (excluding diaryl/α,β-unsaturated/α-hetero) is 2. The fraction of sp³-hybridized carbons (Fsp3) is 0.638. The minimum absolute atomic E-state index is 0.0167. The van der Waals surface area contributed by atoms with E-state index in [0.29, 0.717) is 62.9 Å². The van der Waals surface area contributed by atoms with Gasteiger partial charge in [-0.15, -0.1) is 0 Å². The summed E-state index contributed by atoms with van der Waals surface area (Å²) in [5.41, 5.74) is 2.17. The number of esters is 1. The van der Waals surface area contributed by atoms with Gasteiger partial charge in [0, 0.05) is 52.0 Å². The molecule has 1 amide bonds. The summed E-state index contributed by atoms with van der Waals surface area (Å²) in [7, 11) is 4.61. The first-order valence-corrected chi connectivity index (χ1v) is 26.1. The van der Waals surface area contributed by atoms with Gasteiger partial charge in [0.25, 0.3) is 11.7 Å². The number of aliphatic hydroxyl groups excluding tert-OH is 2. The molecule has 2 aliphatic heterocycles. The standard InChI is InChI=1S/C58H85NO13/c1-37(31-41(5)52(62)54(70-10)53(63)42(6)33-40(4)48(60)28-24-38(2)32-45-26-29-49(61)51(34-45)69-9)19-13-11-14-20-39(3)50(68-8)35-46-27-25-43(7)58(67,72-46)55(64)56(65)59-30-18-17-23-47(59)57(66)71-36-44-21-15-12-16-22-44/h11-16,19-22,24,28,33,37-38,40-41,43,45-47,49-51,53-54,61,63,67H,17-18,23,25-27,29-32,34-36H2,1-10H3/b14-11+,19-13-,28-24+,39-20+,42-33+/t37-,38+,40-,41-,43-,45+,46+,47+,49-,50+,51-,53-,54+,58-/m1/s1. The molecule has 3 fully saturated rings. The molecule has 1 aliphatic carbocycles. The van der Waals surface area contributed by atoms with Gasteiger partial charge in [0.15, 0.2) is 11.6 Å². The lowest BCUT2D eigenvalue weighted by Crippen LogP contribution is -2.60. The topological polar surface area (TPSA) is 195 Å². The monoisotopic (exact) mass is 1000 g/mol. The second-order valence-corrected chi connectivity index (χ2v) is 20.8. The highest BCUT2D eigenvalue weighted by Gasteiger charge is 2.53. The van der Waals surface area contributed by atoms with Gasteiger partial charge < -0.3 is 43.9 Å². The van der Waals surface area contributed by atoms with Gasteiger partial charge in [-0.3, -0.25) is 19.2 Å². The van der Waals surface area contributed by atoms with E-state index >= 15 is 0 Å². The average molecular weight is 1000 g/mol. The predicted octanol–water partition coefficient (Wildman–Crippen LogP) is 8.16. The van der Waals surface area contributed by atoms with Crippen LogP contribution in [0.1, 0.15) is 125 Å². The molecule has 400 valence electrons. The Morgan fingerprint density at radius 2 is 1.58 bits per heavy atom. The largest absolute Gasteiger partial charge is 0.459 e. The summed E-state index contributed by atoms with van der Waals surface area (Å²) in [6.07, 6.45) is 17.7. The van der Waals surface area contributed by atoms with Gasteiger partial charge in [-0.25, -0.2) is 4.79 Å². The molecule has 4 rings (SSSR count). The van der Waals surface area contributed by atoms with E-state index < -0.39 is 77.8 Å². The van der Waals surface area contributed by atoms with Crippen molar-refractivity contribution in [2.24, 2.45) is 35.5 Å². The summed E-state index contributed by atoms with van der Waals surface area (Å²) in [4.78, 5) is 68.7. The van der Waals surface area contributed by atoms with Crippen molar-refractivity contribution in [3.05, 3.63) is 95.6 Å². The van der Waals surface area contributed by atoms with Crippen molar-refractivity contribution >= 4 is 29.2 Å². The molecule has 3 N–H and O–H groups in total. The lowest BCUT2D eigenvalue weighted by molar-refractivity contribution is -0.265. The number of carbonyl (C=O) groups excluding carboxylic acids is 5. The minimum atomic E-state index is -2.37. The molecule has 1 saturated carbocycles. The van der Waals surface area contributed by atoms with Crippen LogP contribution in [0, 0.1) is 35.5 Å². The highest BCUT2D eigenvalue weighted by Crippen LogP contribution is 2.37. The second kappa shape index (κ2) is 29.5. The number of allylic oxidation sites excluding steroid dienone is 8. The first-order valence-electron chi connectivity index (χ1n) is 26.1. The number of nitrogens with zero attached hydrogens (tertiary/aromatic N) is 1. The molecule has 3 aliphatic rings. The van der Waals surface area contributed by atoms with Crippen molar-refractivity contribution in [1.29, 1.82) is 0 Å². The molecule has 1 aromatic carbocycles. The third kappa shape index (κ3) is 17.3. The van der Waals surface area contributed by atoms with Gasteiger partial charge in [0.1, 0.15) is 24.9 Å². The normalized spacial score (nSPS) is 27.5. The number of ether oxygens (including phenoxy) is 5. The number of hydrogen-bond donors (Lipinski definition) is 3. The van der Waals surface area contributed by atoms with Crippen LogP contribution < -0.4 is 0 Å². The van der Waals surface area contributed by atoms with Crippen molar-refractivity contribution in [2.75, 3.05) is 27.9 Å². The Hall–Kier alpha value is -4.41. The SMILES string of the molecule is CO[C@@H](C[C@@H]1CC[C@@H](C)[C@](O)(C(=O)C(=O)N2CCCC[C@H]2C(=O)OCc2ccccc2)O1)/C(C)=C/C=C/C=C\[C@@H](C)C[C@@H](C)C(=O)[C@H](OC)[C@H](O)/C(C)=C/[C@@H](C)C(=O)/C=C/[C@H](C)C[C@@H]1CC[C@@H](O)[C@H](OC)C1. The lowest BCUT2D eigenvalue weighted by atomic mass is 9.80. The number of ketones is 3. The summed E-state index contributed by atoms with van der Waals surface area (Å²) in [5.74, 6) is -6.31. The molecule has 14 heteroatoms. The van der Waals surface area contributed by atoms with Crippen molar-refractivity contribution in [3.63, 3.8) is 0 Å². The zero-order chi connectivity index (χ0) is 53.1. The van der Waals surface area contributed by atoms with Gasteiger partial charge in [-0.1, -0.05) is 107 Å². The number of hydrogen-bond acceptors (Lipinski definition) is 13. The number of carbonyl (C=O) groups is 5. The van der Waals surface area contributed by atoms with E-state index in [0.717, 1.165) is 30.4 Å². The third-order valence-electron chi connectivity index (χ3n) is 14.9. The van der Waals surface area contributed by atoms with Crippen LogP contribution in [-0.4, -0.2) is 126 Å². The zero-order valence-electron chi connectivity index (χ0n) is 44.6. The number of aliphatic hydroxyl groups is 3. The molecule has 2 saturated heterocycles. The van der Waals surface area contributed by atoms with Gasteiger partial charge in [0.2, 0.25) is 5.79 Å². The Balaban J connectivity index is 1.26. The van der Waals surface area contributed by atoms with Gasteiger partial charge in [-0.05, 0) is 119 Å². The summed E-state index contributed by atoms with van der Waals surface area (Å²) >= 11 is 0. The van der Waals surface area contributed by atoms with E-state index in [1.807, 2.05) is 87.6 Å². The molecular formula is C58H85NO13. The van der Waals surface area contributed by atoms with E-state index in [9.17, 15) is 39.3 Å². The predicted molar refractivity (Wildman–Crippen MR) is 276 cm³/mol. The molecule has 14 nitrogen and oxygen atoms in total. The molecule has 0 spiro atoms. The zero-order valence-corrected chi connectivity index (χ0v) is 44.6. The Morgan fingerprint density at radius 3 is 2.26 bits per heavy atom. The van der Waals surface area contributed by atoms with Crippen LogP contribution in [0.2, 0.25) is 0 Å². The quantitative estimate of drug-likeness (QED) is 0.0265. The summed E-state index contributed by atoms with van der Waals surface area (Å²) in [6, 6.07) is 8.28. The maximum Gasteiger partial charge on any atom is 0.329 e. The number of methoxy groups -OCH3 is 3. The number of benzene rings is 1. The van der Waals surface area contributed by atoms with E-state index in [2.05, 4.69) is 6.92 Å². The Labute approximate surface area is 428 Å². The van der Waals surface area contributed by atoms with Crippen LogP contribution in [0.25, 0.3) is 0 Å². The second-order valence-electron chi connectivity index (χ2n) is 20.8. The maximum absolute atomic E-state index is 13.9. The van der Waals surface area contributed by atoms with E-state index in [1.165, 1.54) is 12.0 Å². The molecule has 72 heavy (non-hydrogen) atoms. The first-order chi connectivity index (χ1) is 34.2. The van der Waals surface area contributed by atoms with Crippen LogP contribution in [0.3, 0.4) is 0 Å². The lowest BCUT2D eigenvalue weighted by Gasteiger charge is -2.42. The van der Waals surface area contributed by atoms with Crippen molar-refractivity contribution in [1.82, 2.24) is 4.90 Å². The molecule has 0 bridgehead atoms. The summed E-state index contributed by atoms with van der Waals surface area (Å²) in [6.45, 7) is 13.2. The van der Waals surface area contributed by atoms with Crippen LogP contribution in [0.5, 0.6) is 0 Å². The van der Waals surface area contributed by atoms with Crippen LogP contribution in [-0.2, 0) is 54.3 Å². The number of piperidine rings is 1. The molecule has 1 aromatic rings. The van der Waals surface area contributed by atoms with E-state index in [-0.39, 0.29) is 42.7 Å².